The predicted molar refractivity (Wildman–Crippen MR) is 53.7 cm³/mol. The van der Waals surface area contributed by atoms with Gasteiger partial charge in [0, 0.05) is 13.0 Å². The van der Waals surface area contributed by atoms with Crippen LogP contribution < -0.4 is 5.48 Å². The predicted octanol–water partition coefficient (Wildman–Crippen LogP) is 0.0786. The zero-order valence-corrected chi connectivity index (χ0v) is 9.25. The molecule has 0 spiro atoms. The van der Waals surface area contributed by atoms with Gasteiger partial charge in [-0.15, -0.1) is 0 Å². The molecule has 0 aromatic heterocycles. The molecule has 5 heteroatoms. The van der Waals surface area contributed by atoms with Crippen molar-refractivity contribution in [3.63, 3.8) is 0 Å². The minimum Gasteiger partial charge on any atom is -0.477 e. The van der Waals surface area contributed by atoms with Gasteiger partial charge in [-0.25, -0.2) is 10.3 Å². The second-order valence-corrected chi connectivity index (χ2v) is 3.89. The van der Waals surface area contributed by atoms with Crippen molar-refractivity contribution in [1.29, 1.82) is 0 Å². The molecule has 0 unspecified atom stereocenters. The Hall–Kier alpha value is -0.650. The summed E-state index contributed by atoms with van der Waals surface area (Å²) in [6.07, 6.45) is 0.903. The van der Waals surface area contributed by atoms with Crippen LogP contribution in [0.15, 0.2) is 0 Å². The fourth-order valence-electron chi connectivity index (χ4n) is 1.20. The number of quaternary nitrogens is 1. The van der Waals surface area contributed by atoms with Crippen molar-refractivity contribution in [2.45, 2.75) is 13.3 Å². The van der Waals surface area contributed by atoms with Crippen molar-refractivity contribution in [3.8, 4) is 0 Å². The molecule has 0 aromatic rings. The first-order valence-corrected chi connectivity index (χ1v) is 4.86. The number of rotatable bonds is 8. The Morgan fingerprint density at radius 1 is 1.50 bits per heavy atom. The third-order valence-corrected chi connectivity index (χ3v) is 1.85. The van der Waals surface area contributed by atoms with Gasteiger partial charge in [0.15, 0.2) is 6.54 Å². The van der Waals surface area contributed by atoms with E-state index < -0.39 is 5.97 Å². The molecule has 2 N–H and O–H groups in total. The molecule has 0 rings (SSSR count). The smallest absolute Gasteiger partial charge is 0.359 e. The zero-order chi connectivity index (χ0) is 11.0. The van der Waals surface area contributed by atoms with Crippen LogP contribution in [0.4, 0.5) is 0 Å². The van der Waals surface area contributed by atoms with Gasteiger partial charge < -0.3 is 14.4 Å². The van der Waals surface area contributed by atoms with Gasteiger partial charge in [-0.3, -0.25) is 0 Å². The standard InChI is InChI=1S/C9H20N2O3/c1-4-14-10-6-5-7-11(2,3)8-9(12)13/h10H,4-8H2,1-3H3/p+1. The molecule has 0 radical (unpaired) electrons. The van der Waals surface area contributed by atoms with Crippen molar-refractivity contribution in [1.82, 2.24) is 5.48 Å². The average molecular weight is 205 g/mol. The monoisotopic (exact) mass is 205 g/mol. The van der Waals surface area contributed by atoms with Crippen LogP contribution in [-0.2, 0) is 9.63 Å². The molecular weight excluding hydrogens is 184 g/mol. The number of hydrogen-bond donors (Lipinski definition) is 2. The number of hydrogen-bond acceptors (Lipinski definition) is 3. The highest BCUT2D eigenvalue weighted by Gasteiger charge is 2.18. The van der Waals surface area contributed by atoms with Gasteiger partial charge in [-0.05, 0) is 6.92 Å². The molecule has 0 aromatic carbocycles. The van der Waals surface area contributed by atoms with E-state index >= 15 is 0 Å². The molecule has 0 amide bonds. The summed E-state index contributed by atoms with van der Waals surface area (Å²) in [5.74, 6) is -0.757. The molecule has 0 heterocycles. The Morgan fingerprint density at radius 3 is 2.64 bits per heavy atom. The Bertz CT molecular complexity index is 171. The summed E-state index contributed by atoms with van der Waals surface area (Å²) in [4.78, 5) is 15.5. The molecule has 5 nitrogen and oxygen atoms in total. The van der Waals surface area contributed by atoms with E-state index in [1.165, 1.54) is 0 Å². The molecule has 0 fully saturated rings. The van der Waals surface area contributed by atoms with Crippen molar-refractivity contribution >= 4 is 5.97 Å². The van der Waals surface area contributed by atoms with Crippen molar-refractivity contribution in [3.05, 3.63) is 0 Å². The molecule has 84 valence electrons. The average Bonchev–Trinajstić information content (AvgIpc) is 2.01. The normalized spacial score (nSPS) is 11.6. The lowest BCUT2D eigenvalue weighted by Crippen LogP contribution is -2.45. The highest BCUT2D eigenvalue weighted by Crippen LogP contribution is 1.98. The lowest BCUT2D eigenvalue weighted by molar-refractivity contribution is -0.883. The minimum atomic E-state index is -0.757. The highest BCUT2D eigenvalue weighted by molar-refractivity contribution is 5.67. The van der Waals surface area contributed by atoms with E-state index in [-0.39, 0.29) is 6.54 Å². The van der Waals surface area contributed by atoms with Crippen molar-refractivity contribution in [2.24, 2.45) is 0 Å². The Labute approximate surface area is 85.2 Å². The van der Waals surface area contributed by atoms with Gasteiger partial charge in [0.25, 0.3) is 0 Å². The fourth-order valence-corrected chi connectivity index (χ4v) is 1.20. The van der Waals surface area contributed by atoms with Crippen molar-refractivity contribution in [2.75, 3.05) is 40.3 Å². The number of carboxylic acids is 1. The molecule has 0 saturated heterocycles. The van der Waals surface area contributed by atoms with Crippen LogP contribution in [0.5, 0.6) is 0 Å². The molecule has 0 aliphatic heterocycles. The third kappa shape index (κ3) is 7.97. The summed E-state index contributed by atoms with van der Waals surface area (Å²) in [6, 6.07) is 0. The number of carbonyl (C=O) groups is 1. The Morgan fingerprint density at radius 2 is 2.14 bits per heavy atom. The fraction of sp³-hybridized carbons (Fsp3) is 0.889. The maximum atomic E-state index is 10.5. The number of aliphatic carboxylic acids is 1. The first-order chi connectivity index (χ1) is 6.48. The van der Waals surface area contributed by atoms with E-state index in [1.807, 2.05) is 21.0 Å². The van der Waals surface area contributed by atoms with E-state index in [0.29, 0.717) is 11.1 Å². The zero-order valence-electron chi connectivity index (χ0n) is 9.25. The Kier molecular flexibility index (Phi) is 6.44. The minimum absolute atomic E-state index is 0.161. The summed E-state index contributed by atoms with van der Waals surface area (Å²) >= 11 is 0. The van der Waals surface area contributed by atoms with Gasteiger partial charge >= 0.3 is 5.97 Å². The Balaban J connectivity index is 3.50. The molecule has 0 atom stereocenters. The summed E-state index contributed by atoms with van der Waals surface area (Å²) in [5, 5.41) is 8.63. The number of nitrogens with zero attached hydrogens (tertiary/aromatic N) is 1. The third-order valence-electron chi connectivity index (χ3n) is 1.85. The quantitative estimate of drug-likeness (QED) is 0.335. The number of nitrogens with one attached hydrogen (secondary N) is 1. The maximum absolute atomic E-state index is 10.5. The van der Waals surface area contributed by atoms with Crippen LogP contribution >= 0.6 is 0 Å². The van der Waals surface area contributed by atoms with Crippen LogP contribution in [-0.4, -0.2) is 55.9 Å². The maximum Gasteiger partial charge on any atom is 0.359 e. The van der Waals surface area contributed by atoms with Crippen LogP contribution in [0.2, 0.25) is 0 Å². The largest absolute Gasteiger partial charge is 0.477 e. The van der Waals surface area contributed by atoms with E-state index in [4.69, 9.17) is 9.94 Å². The number of carboxylic acid groups (broad SMARTS) is 1. The topological polar surface area (TPSA) is 58.6 Å². The van der Waals surface area contributed by atoms with Crippen LogP contribution in [0.1, 0.15) is 13.3 Å². The molecule has 14 heavy (non-hydrogen) atoms. The molecular formula is C9H21N2O3+. The van der Waals surface area contributed by atoms with Crippen LogP contribution in [0.25, 0.3) is 0 Å². The van der Waals surface area contributed by atoms with Crippen LogP contribution in [0.3, 0.4) is 0 Å². The summed E-state index contributed by atoms with van der Waals surface area (Å²) in [6.45, 7) is 4.31. The van der Waals surface area contributed by atoms with Gasteiger partial charge in [-0.1, -0.05) is 0 Å². The second-order valence-electron chi connectivity index (χ2n) is 3.89. The van der Waals surface area contributed by atoms with E-state index in [0.717, 1.165) is 19.5 Å². The molecule has 0 saturated carbocycles. The SMILES string of the molecule is CCONCCC[N+](C)(C)CC(=O)O. The van der Waals surface area contributed by atoms with Crippen LogP contribution in [0, 0.1) is 0 Å². The number of likely N-dealkylation sites (N-methyl/N-ethyl adjacent to an activating group) is 1. The molecule has 0 aliphatic rings. The summed E-state index contributed by atoms with van der Waals surface area (Å²) < 4.78 is 0.503. The second kappa shape index (κ2) is 6.75. The van der Waals surface area contributed by atoms with Gasteiger partial charge in [0.1, 0.15) is 0 Å². The molecule has 0 bridgehead atoms. The highest BCUT2D eigenvalue weighted by atomic mass is 16.6. The first-order valence-electron chi connectivity index (χ1n) is 4.86. The summed E-state index contributed by atoms with van der Waals surface area (Å²) in [5.41, 5.74) is 2.80. The lowest BCUT2D eigenvalue weighted by Gasteiger charge is -2.27. The van der Waals surface area contributed by atoms with E-state index in [2.05, 4.69) is 5.48 Å². The van der Waals surface area contributed by atoms with E-state index in [9.17, 15) is 4.79 Å². The summed E-state index contributed by atoms with van der Waals surface area (Å²) in [7, 11) is 3.82. The van der Waals surface area contributed by atoms with Gasteiger partial charge in [0.05, 0.1) is 27.2 Å². The molecule has 0 aliphatic carbocycles. The van der Waals surface area contributed by atoms with E-state index in [1.54, 1.807) is 0 Å². The number of hydroxylamine groups is 1. The van der Waals surface area contributed by atoms with Crippen molar-refractivity contribution < 1.29 is 19.2 Å². The van der Waals surface area contributed by atoms with Gasteiger partial charge in [0.2, 0.25) is 0 Å². The van der Waals surface area contributed by atoms with Gasteiger partial charge in [-0.2, -0.15) is 0 Å². The lowest BCUT2D eigenvalue weighted by atomic mass is 10.3. The first kappa shape index (κ1) is 13.4.